The summed E-state index contributed by atoms with van der Waals surface area (Å²) in [6.45, 7) is 1.54. The summed E-state index contributed by atoms with van der Waals surface area (Å²) in [7, 11) is 0. The van der Waals surface area contributed by atoms with E-state index in [4.69, 9.17) is 10.2 Å². The van der Waals surface area contributed by atoms with Crippen molar-refractivity contribution >= 4 is 30.3 Å². The van der Waals surface area contributed by atoms with Crippen molar-refractivity contribution in [2.24, 2.45) is 0 Å². The Balaban J connectivity index is 0. The molecule has 7 nitrogen and oxygen atoms in total. The SMILES string of the molecule is CCOC(=O)CC(O)(CC(=O)O)C(=O)O.Cl. The zero-order chi connectivity index (χ0) is 12.1. The van der Waals surface area contributed by atoms with Gasteiger partial charge in [-0.3, -0.25) is 9.59 Å². The van der Waals surface area contributed by atoms with Crippen LogP contribution >= 0.6 is 12.4 Å². The van der Waals surface area contributed by atoms with Gasteiger partial charge in [0.05, 0.1) is 19.4 Å². The second-order valence-electron chi connectivity index (χ2n) is 2.89. The van der Waals surface area contributed by atoms with Gasteiger partial charge in [-0.1, -0.05) is 0 Å². The highest BCUT2D eigenvalue weighted by molar-refractivity contribution is 5.88. The van der Waals surface area contributed by atoms with Crippen molar-refractivity contribution in [3.63, 3.8) is 0 Å². The quantitative estimate of drug-likeness (QED) is 0.555. The van der Waals surface area contributed by atoms with E-state index in [2.05, 4.69) is 4.74 Å². The number of hydrogen-bond acceptors (Lipinski definition) is 5. The predicted octanol–water partition coefficient (Wildman–Crippen LogP) is -0.348. The maximum Gasteiger partial charge on any atom is 0.336 e. The molecule has 0 aliphatic carbocycles. The molecule has 0 amide bonds. The van der Waals surface area contributed by atoms with E-state index in [1.807, 2.05) is 0 Å². The highest BCUT2D eigenvalue weighted by Crippen LogP contribution is 2.16. The Bertz CT molecular complexity index is 278. The van der Waals surface area contributed by atoms with E-state index >= 15 is 0 Å². The van der Waals surface area contributed by atoms with Gasteiger partial charge in [-0.15, -0.1) is 12.4 Å². The molecule has 1 atom stereocenters. The third-order valence-corrected chi connectivity index (χ3v) is 1.58. The first-order valence-electron chi connectivity index (χ1n) is 4.15. The van der Waals surface area contributed by atoms with Crippen molar-refractivity contribution in [2.45, 2.75) is 25.4 Å². The van der Waals surface area contributed by atoms with Gasteiger partial charge in [-0.2, -0.15) is 0 Å². The normalized spacial score (nSPS) is 13.1. The molecule has 0 spiro atoms. The standard InChI is InChI=1S/C8H12O7.ClH/c1-2-15-6(11)4-8(14,7(12)13)3-5(9)10;/h14H,2-4H2,1H3,(H,9,10)(H,12,13);1H. The minimum absolute atomic E-state index is 0. The molecule has 16 heavy (non-hydrogen) atoms. The number of rotatable bonds is 6. The molecule has 3 N–H and O–H groups in total. The molecule has 0 bridgehead atoms. The zero-order valence-corrected chi connectivity index (χ0v) is 9.32. The van der Waals surface area contributed by atoms with Gasteiger partial charge in [-0.05, 0) is 6.92 Å². The van der Waals surface area contributed by atoms with Crippen LogP contribution in [0.1, 0.15) is 19.8 Å². The number of carboxylic acid groups (broad SMARTS) is 2. The number of hydrogen-bond donors (Lipinski definition) is 3. The number of halogens is 1. The van der Waals surface area contributed by atoms with E-state index in [1.54, 1.807) is 0 Å². The molecule has 0 heterocycles. The first kappa shape index (κ1) is 17.1. The highest BCUT2D eigenvalue weighted by Gasteiger charge is 2.41. The largest absolute Gasteiger partial charge is 0.481 e. The fourth-order valence-electron chi connectivity index (χ4n) is 0.915. The van der Waals surface area contributed by atoms with Gasteiger partial charge < -0.3 is 20.1 Å². The molecule has 94 valence electrons. The van der Waals surface area contributed by atoms with Crippen LogP contribution in [0.2, 0.25) is 0 Å². The van der Waals surface area contributed by atoms with E-state index in [9.17, 15) is 19.5 Å². The second-order valence-corrected chi connectivity index (χ2v) is 2.89. The molecule has 0 rings (SSSR count). The lowest BCUT2D eigenvalue weighted by Gasteiger charge is -2.19. The van der Waals surface area contributed by atoms with Crippen molar-refractivity contribution in [3.8, 4) is 0 Å². The van der Waals surface area contributed by atoms with Gasteiger partial charge in [0, 0.05) is 0 Å². The molecule has 1 unspecified atom stereocenters. The van der Waals surface area contributed by atoms with E-state index in [0.29, 0.717) is 0 Å². The fraction of sp³-hybridized carbons (Fsp3) is 0.625. The van der Waals surface area contributed by atoms with Crippen LogP contribution in [0.4, 0.5) is 0 Å². The van der Waals surface area contributed by atoms with Crippen LogP contribution in [0.25, 0.3) is 0 Å². The number of carbonyl (C=O) groups is 3. The summed E-state index contributed by atoms with van der Waals surface area (Å²) in [6, 6.07) is 0. The minimum Gasteiger partial charge on any atom is -0.481 e. The summed E-state index contributed by atoms with van der Waals surface area (Å²) >= 11 is 0. The fourth-order valence-corrected chi connectivity index (χ4v) is 0.915. The van der Waals surface area contributed by atoms with Gasteiger partial charge in [0.1, 0.15) is 0 Å². The molecule has 0 aromatic carbocycles. The number of ether oxygens (including phenoxy) is 1. The lowest BCUT2D eigenvalue weighted by molar-refractivity contribution is -0.171. The monoisotopic (exact) mass is 256 g/mol. The van der Waals surface area contributed by atoms with Crippen molar-refractivity contribution in [2.75, 3.05) is 6.61 Å². The van der Waals surface area contributed by atoms with Crippen LogP contribution in [0.5, 0.6) is 0 Å². The third-order valence-electron chi connectivity index (χ3n) is 1.58. The molecule has 0 aromatic rings. The summed E-state index contributed by atoms with van der Waals surface area (Å²) in [4.78, 5) is 31.8. The summed E-state index contributed by atoms with van der Waals surface area (Å²) in [5, 5.41) is 26.3. The summed E-state index contributed by atoms with van der Waals surface area (Å²) in [5.41, 5.74) is -2.61. The van der Waals surface area contributed by atoms with Gasteiger partial charge in [0.15, 0.2) is 5.60 Å². The van der Waals surface area contributed by atoms with Gasteiger partial charge in [-0.25, -0.2) is 4.79 Å². The first-order valence-corrected chi connectivity index (χ1v) is 4.15. The van der Waals surface area contributed by atoms with Crippen LogP contribution in [0.15, 0.2) is 0 Å². The molecule has 0 saturated heterocycles. The number of aliphatic carboxylic acids is 2. The van der Waals surface area contributed by atoms with Gasteiger partial charge in [0.25, 0.3) is 0 Å². The molecule has 0 aliphatic heterocycles. The molecule has 8 heteroatoms. The average Bonchev–Trinajstić information content (AvgIpc) is 2.01. The van der Waals surface area contributed by atoms with E-state index in [-0.39, 0.29) is 19.0 Å². The van der Waals surface area contributed by atoms with Crippen molar-refractivity contribution in [3.05, 3.63) is 0 Å². The van der Waals surface area contributed by atoms with E-state index in [0.717, 1.165) is 0 Å². The van der Waals surface area contributed by atoms with Gasteiger partial charge in [0.2, 0.25) is 0 Å². The maximum absolute atomic E-state index is 10.9. The number of carboxylic acids is 2. The van der Waals surface area contributed by atoms with Crippen LogP contribution in [0, 0.1) is 0 Å². The van der Waals surface area contributed by atoms with Crippen LogP contribution < -0.4 is 0 Å². The number of esters is 1. The number of carbonyl (C=O) groups excluding carboxylic acids is 1. The van der Waals surface area contributed by atoms with Crippen LogP contribution in [0.3, 0.4) is 0 Å². The zero-order valence-electron chi connectivity index (χ0n) is 8.50. The minimum atomic E-state index is -2.61. The lowest BCUT2D eigenvalue weighted by atomic mass is 9.96. The van der Waals surface area contributed by atoms with Crippen molar-refractivity contribution < 1.29 is 34.4 Å². The molecule has 0 aromatic heterocycles. The Morgan fingerprint density at radius 3 is 2.00 bits per heavy atom. The van der Waals surface area contributed by atoms with Crippen LogP contribution in [-0.2, 0) is 19.1 Å². The van der Waals surface area contributed by atoms with Crippen LogP contribution in [-0.4, -0.2) is 45.4 Å². The molecular formula is C8H13ClO7. The third kappa shape index (κ3) is 5.52. The summed E-state index contributed by atoms with van der Waals surface area (Å²) in [5.74, 6) is -4.23. The molecule has 0 radical (unpaired) electrons. The molecule has 0 saturated carbocycles. The molecule has 0 aliphatic rings. The first-order chi connectivity index (χ1) is 6.81. The smallest absolute Gasteiger partial charge is 0.336 e. The Kier molecular flexibility index (Phi) is 7.49. The molecular weight excluding hydrogens is 244 g/mol. The predicted molar refractivity (Wildman–Crippen MR) is 53.3 cm³/mol. The average molecular weight is 257 g/mol. The van der Waals surface area contributed by atoms with Crippen molar-refractivity contribution in [1.29, 1.82) is 0 Å². The van der Waals surface area contributed by atoms with E-state index < -0.39 is 36.4 Å². The Morgan fingerprint density at radius 2 is 1.69 bits per heavy atom. The van der Waals surface area contributed by atoms with E-state index in [1.165, 1.54) is 6.92 Å². The lowest BCUT2D eigenvalue weighted by Crippen LogP contribution is -2.43. The Hall–Kier alpha value is -1.34. The maximum atomic E-state index is 10.9. The summed E-state index contributed by atoms with van der Waals surface area (Å²) < 4.78 is 4.41. The Labute approximate surface area is 97.4 Å². The topological polar surface area (TPSA) is 121 Å². The second kappa shape index (κ2) is 7.02. The molecule has 0 fully saturated rings. The van der Waals surface area contributed by atoms with Gasteiger partial charge >= 0.3 is 17.9 Å². The summed E-state index contributed by atoms with van der Waals surface area (Å²) in [6.07, 6.45) is -1.94. The highest BCUT2D eigenvalue weighted by atomic mass is 35.5. The Morgan fingerprint density at radius 1 is 1.19 bits per heavy atom. The van der Waals surface area contributed by atoms with Crippen molar-refractivity contribution in [1.82, 2.24) is 0 Å². The number of aliphatic hydroxyl groups is 1.